The van der Waals surface area contributed by atoms with Gasteiger partial charge in [-0.3, -0.25) is 9.59 Å². The number of rotatable bonds is 6. The highest BCUT2D eigenvalue weighted by Gasteiger charge is 2.16. The molecule has 1 amide bonds. The second-order valence-corrected chi connectivity index (χ2v) is 6.15. The predicted octanol–water partition coefficient (Wildman–Crippen LogP) is 2.94. The molecule has 0 fully saturated rings. The summed E-state index contributed by atoms with van der Waals surface area (Å²) in [5.41, 5.74) is 1.26. The minimum atomic E-state index is -0.261. The molecule has 3 rings (SSSR count). The van der Waals surface area contributed by atoms with E-state index in [4.69, 9.17) is 4.74 Å². The Morgan fingerprint density at radius 2 is 1.67 bits per heavy atom. The SMILES string of the molecule is CCN(CC)C(=O)Cn1nc(-c2ccc(OC)cc2)c2ccccc2c1=O. The maximum absolute atomic E-state index is 12.9. The molecule has 0 saturated carbocycles. The number of amides is 1. The number of aromatic nitrogens is 2. The third kappa shape index (κ3) is 3.69. The van der Waals surface area contributed by atoms with Crippen molar-refractivity contribution in [2.24, 2.45) is 0 Å². The highest BCUT2D eigenvalue weighted by Crippen LogP contribution is 2.26. The van der Waals surface area contributed by atoms with Gasteiger partial charge >= 0.3 is 0 Å². The quantitative estimate of drug-likeness (QED) is 0.674. The van der Waals surface area contributed by atoms with Crippen LogP contribution in [0, 0.1) is 0 Å². The molecular weight excluding hydrogens is 342 g/mol. The Bertz CT molecular complexity index is 1010. The van der Waals surface area contributed by atoms with E-state index in [2.05, 4.69) is 5.10 Å². The molecule has 0 saturated heterocycles. The lowest BCUT2D eigenvalue weighted by Gasteiger charge is -2.19. The Morgan fingerprint density at radius 3 is 2.26 bits per heavy atom. The molecule has 0 radical (unpaired) electrons. The summed E-state index contributed by atoms with van der Waals surface area (Å²) in [4.78, 5) is 27.1. The molecule has 0 aliphatic heterocycles. The molecule has 0 aliphatic rings. The summed E-state index contributed by atoms with van der Waals surface area (Å²) in [6.45, 7) is 4.96. The molecule has 140 valence electrons. The van der Waals surface area contributed by atoms with Gasteiger partial charge in [-0.2, -0.15) is 5.10 Å². The van der Waals surface area contributed by atoms with Gasteiger partial charge in [0.25, 0.3) is 5.56 Å². The number of hydrogen-bond acceptors (Lipinski definition) is 4. The lowest BCUT2D eigenvalue weighted by molar-refractivity contribution is -0.131. The summed E-state index contributed by atoms with van der Waals surface area (Å²) >= 11 is 0. The molecule has 27 heavy (non-hydrogen) atoms. The van der Waals surface area contributed by atoms with Crippen LogP contribution in [-0.2, 0) is 11.3 Å². The van der Waals surface area contributed by atoms with Gasteiger partial charge < -0.3 is 9.64 Å². The van der Waals surface area contributed by atoms with Gasteiger partial charge in [0.2, 0.25) is 5.91 Å². The standard InChI is InChI=1S/C21H23N3O3/c1-4-23(5-2)19(25)14-24-21(26)18-9-7-6-8-17(18)20(22-24)15-10-12-16(27-3)13-11-15/h6-13H,4-5,14H2,1-3H3. The first-order chi connectivity index (χ1) is 13.1. The van der Waals surface area contributed by atoms with Gasteiger partial charge in [-0.05, 0) is 44.2 Å². The molecule has 0 unspecified atom stereocenters. The minimum Gasteiger partial charge on any atom is -0.497 e. The van der Waals surface area contributed by atoms with Gasteiger partial charge in [0, 0.05) is 24.0 Å². The number of likely N-dealkylation sites (N-methyl/N-ethyl adjacent to an activating group) is 1. The molecule has 0 bridgehead atoms. The van der Waals surface area contributed by atoms with E-state index >= 15 is 0 Å². The summed E-state index contributed by atoms with van der Waals surface area (Å²) in [6, 6.07) is 14.8. The zero-order valence-electron chi connectivity index (χ0n) is 15.8. The van der Waals surface area contributed by atoms with Crippen LogP contribution in [0.4, 0.5) is 0 Å². The first-order valence-corrected chi connectivity index (χ1v) is 9.01. The van der Waals surface area contributed by atoms with E-state index in [1.165, 1.54) is 4.68 Å². The average molecular weight is 365 g/mol. The van der Waals surface area contributed by atoms with Gasteiger partial charge in [0.1, 0.15) is 12.3 Å². The topological polar surface area (TPSA) is 64.4 Å². The van der Waals surface area contributed by atoms with Crippen LogP contribution in [0.25, 0.3) is 22.0 Å². The third-order valence-corrected chi connectivity index (χ3v) is 4.63. The van der Waals surface area contributed by atoms with E-state index in [-0.39, 0.29) is 18.0 Å². The Labute approximate surface area is 158 Å². The number of ether oxygens (including phenoxy) is 1. The highest BCUT2D eigenvalue weighted by molar-refractivity contribution is 5.94. The Balaban J connectivity index is 2.14. The van der Waals surface area contributed by atoms with Crippen LogP contribution in [0.15, 0.2) is 53.3 Å². The fourth-order valence-electron chi connectivity index (χ4n) is 3.11. The molecule has 0 spiro atoms. The van der Waals surface area contributed by atoms with Gasteiger partial charge in [0.15, 0.2) is 0 Å². The number of hydrogen-bond donors (Lipinski definition) is 0. The highest BCUT2D eigenvalue weighted by atomic mass is 16.5. The first-order valence-electron chi connectivity index (χ1n) is 9.01. The normalized spacial score (nSPS) is 10.8. The second-order valence-electron chi connectivity index (χ2n) is 6.15. The van der Waals surface area contributed by atoms with E-state index in [1.807, 2.05) is 56.3 Å². The Morgan fingerprint density at radius 1 is 1.04 bits per heavy atom. The minimum absolute atomic E-state index is 0.0749. The summed E-state index contributed by atoms with van der Waals surface area (Å²) in [5.74, 6) is 0.624. The molecule has 1 aromatic heterocycles. The second kappa shape index (κ2) is 8.03. The third-order valence-electron chi connectivity index (χ3n) is 4.63. The van der Waals surface area contributed by atoms with Crippen LogP contribution in [0.2, 0.25) is 0 Å². The average Bonchev–Trinajstić information content (AvgIpc) is 2.71. The van der Waals surface area contributed by atoms with Crippen molar-refractivity contribution in [2.75, 3.05) is 20.2 Å². The maximum atomic E-state index is 12.9. The lowest BCUT2D eigenvalue weighted by Crippen LogP contribution is -2.37. The first kappa shape index (κ1) is 18.6. The zero-order chi connectivity index (χ0) is 19.4. The van der Waals surface area contributed by atoms with Crippen LogP contribution in [-0.4, -0.2) is 40.8 Å². The van der Waals surface area contributed by atoms with E-state index in [1.54, 1.807) is 18.1 Å². The van der Waals surface area contributed by atoms with Crippen LogP contribution in [0.5, 0.6) is 5.75 Å². The van der Waals surface area contributed by atoms with Crippen LogP contribution in [0.3, 0.4) is 0 Å². The van der Waals surface area contributed by atoms with E-state index in [0.717, 1.165) is 16.7 Å². The predicted molar refractivity (Wildman–Crippen MR) is 106 cm³/mol. The van der Waals surface area contributed by atoms with Crippen molar-refractivity contribution < 1.29 is 9.53 Å². The fourth-order valence-corrected chi connectivity index (χ4v) is 3.11. The monoisotopic (exact) mass is 365 g/mol. The van der Waals surface area contributed by atoms with Crippen LogP contribution < -0.4 is 10.3 Å². The molecule has 0 aliphatic carbocycles. The van der Waals surface area contributed by atoms with Crippen molar-refractivity contribution in [3.05, 3.63) is 58.9 Å². The van der Waals surface area contributed by atoms with Crippen LogP contribution >= 0.6 is 0 Å². The smallest absolute Gasteiger partial charge is 0.275 e. The molecule has 0 N–H and O–H groups in total. The number of carbonyl (C=O) groups excluding carboxylic acids is 1. The van der Waals surface area contributed by atoms with Crippen molar-refractivity contribution in [3.8, 4) is 17.0 Å². The molecule has 2 aromatic carbocycles. The van der Waals surface area contributed by atoms with Gasteiger partial charge in [-0.15, -0.1) is 0 Å². The number of nitrogens with zero attached hydrogens (tertiary/aromatic N) is 3. The molecule has 6 heteroatoms. The van der Waals surface area contributed by atoms with Crippen molar-refractivity contribution in [3.63, 3.8) is 0 Å². The van der Waals surface area contributed by atoms with Crippen LogP contribution in [0.1, 0.15) is 13.8 Å². The Kier molecular flexibility index (Phi) is 5.54. The molecule has 1 heterocycles. The summed E-state index contributed by atoms with van der Waals surface area (Å²) in [7, 11) is 1.61. The molecular formula is C21H23N3O3. The van der Waals surface area contributed by atoms with Crippen molar-refractivity contribution in [1.82, 2.24) is 14.7 Å². The van der Waals surface area contributed by atoms with E-state index in [0.29, 0.717) is 24.2 Å². The number of methoxy groups -OCH3 is 1. The summed E-state index contributed by atoms with van der Waals surface area (Å²) < 4.78 is 6.48. The Hall–Kier alpha value is -3.15. The number of carbonyl (C=O) groups is 1. The maximum Gasteiger partial charge on any atom is 0.275 e. The van der Waals surface area contributed by atoms with E-state index in [9.17, 15) is 9.59 Å². The summed E-state index contributed by atoms with van der Waals surface area (Å²) in [6.07, 6.45) is 0. The molecule has 6 nitrogen and oxygen atoms in total. The number of fused-ring (bicyclic) bond motifs is 1. The van der Waals surface area contributed by atoms with Crippen molar-refractivity contribution >= 4 is 16.7 Å². The molecule has 0 atom stereocenters. The van der Waals surface area contributed by atoms with Crippen molar-refractivity contribution in [2.45, 2.75) is 20.4 Å². The van der Waals surface area contributed by atoms with Crippen molar-refractivity contribution in [1.29, 1.82) is 0 Å². The lowest BCUT2D eigenvalue weighted by atomic mass is 10.0. The largest absolute Gasteiger partial charge is 0.497 e. The fraction of sp³-hybridized carbons (Fsp3) is 0.286. The number of benzene rings is 2. The van der Waals surface area contributed by atoms with Gasteiger partial charge in [0.05, 0.1) is 18.2 Å². The van der Waals surface area contributed by atoms with E-state index < -0.39 is 0 Å². The zero-order valence-corrected chi connectivity index (χ0v) is 15.8. The van der Waals surface area contributed by atoms with Gasteiger partial charge in [-0.1, -0.05) is 18.2 Å². The summed E-state index contributed by atoms with van der Waals surface area (Å²) in [5, 5.41) is 5.84. The van der Waals surface area contributed by atoms with Gasteiger partial charge in [-0.25, -0.2) is 4.68 Å². The molecule has 3 aromatic rings.